The summed E-state index contributed by atoms with van der Waals surface area (Å²) in [7, 11) is 0. The first-order valence-corrected chi connectivity index (χ1v) is 35.4. The summed E-state index contributed by atoms with van der Waals surface area (Å²) in [5.74, 6) is 7.76. The van der Waals surface area contributed by atoms with Gasteiger partial charge in [0.1, 0.15) is 0 Å². The molecule has 6 aromatic heterocycles. The minimum absolute atomic E-state index is 0.154. The maximum atomic E-state index is 5.82. The van der Waals surface area contributed by atoms with Gasteiger partial charge in [0.2, 0.25) is 0 Å². The van der Waals surface area contributed by atoms with E-state index in [-0.39, 0.29) is 21.7 Å². The largest absolute Gasteiger partial charge is 0.354 e. The second-order valence-electron chi connectivity index (χ2n) is 31.3. The van der Waals surface area contributed by atoms with E-state index in [1.165, 1.54) is 22.3 Å². The van der Waals surface area contributed by atoms with Gasteiger partial charge in [-0.05, 0) is 174 Å². The summed E-state index contributed by atoms with van der Waals surface area (Å²) in [6.45, 7) is 27.6. The van der Waals surface area contributed by atoms with E-state index < -0.39 is 0 Å². The number of nitrogens with zero attached hydrogens (tertiary/aromatic N) is 4. The molecule has 0 saturated carbocycles. The van der Waals surface area contributed by atoms with Crippen LogP contribution in [-0.4, -0.2) is 39.9 Å². The highest BCUT2D eigenvalue weighted by molar-refractivity contribution is 6.01. The Hall–Kier alpha value is -11.9. The van der Waals surface area contributed by atoms with Crippen LogP contribution in [0.15, 0.2) is 206 Å². The maximum absolute atomic E-state index is 5.82. The second kappa shape index (κ2) is 25.1. The zero-order chi connectivity index (χ0) is 70.4. The van der Waals surface area contributed by atoms with Crippen molar-refractivity contribution in [2.24, 2.45) is 0 Å². The van der Waals surface area contributed by atoms with E-state index in [0.717, 1.165) is 145 Å². The minimum Gasteiger partial charge on any atom is -0.354 e. The third-order valence-electron chi connectivity index (χ3n) is 20.0. The molecule has 0 aliphatic carbocycles. The third-order valence-corrected chi connectivity index (χ3v) is 20.0. The van der Waals surface area contributed by atoms with Crippen molar-refractivity contribution in [3.05, 3.63) is 285 Å². The zero-order valence-electron chi connectivity index (χ0n) is 60.0. The Kier molecular flexibility index (Phi) is 15.9. The normalized spacial score (nSPS) is 12.9. The van der Waals surface area contributed by atoms with Crippen LogP contribution in [0.25, 0.3) is 160 Å². The fraction of sp³-hybridized carbons (Fsp3) is 0.170. The molecule has 16 bridgehead atoms. The summed E-state index contributed by atoms with van der Waals surface area (Å²) in [4.78, 5) is 38.7. The average molecular weight is 1320 g/mol. The number of hydrogen-bond donors (Lipinski definition) is 4. The first-order valence-electron chi connectivity index (χ1n) is 35.4. The molecule has 8 heteroatoms. The van der Waals surface area contributed by atoms with Gasteiger partial charge in [0.25, 0.3) is 0 Å². The van der Waals surface area contributed by atoms with Crippen LogP contribution in [-0.2, 0) is 21.7 Å². The predicted molar refractivity (Wildman–Crippen MR) is 431 cm³/mol. The highest BCUT2D eigenvalue weighted by Crippen LogP contribution is 2.44. The van der Waals surface area contributed by atoms with E-state index in [0.29, 0.717) is 22.5 Å². The predicted octanol–water partition coefficient (Wildman–Crippen LogP) is 24.2. The number of nitrogens with one attached hydrogen (secondary N) is 4. The summed E-state index contributed by atoms with van der Waals surface area (Å²) < 4.78 is 0. The molecule has 0 unspecified atom stereocenters. The Labute approximate surface area is 597 Å². The van der Waals surface area contributed by atoms with E-state index in [9.17, 15) is 0 Å². The van der Waals surface area contributed by atoms with Crippen LogP contribution in [0, 0.1) is 11.8 Å². The highest BCUT2D eigenvalue weighted by atomic mass is 14.8. The molecule has 0 atom stereocenters. The fourth-order valence-corrected chi connectivity index (χ4v) is 14.3. The van der Waals surface area contributed by atoms with Gasteiger partial charge in [-0.1, -0.05) is 253 Å². The Morgan fingerprint density at radius 2 is 0.412 bits per heavy atom. The lowest BCUT2D eigenvalue weighted by Crippen LogP contribution is -2.16. The van der Waals surface area contributed by atoms with Gasteiger partial charge in [-0.15, -0.1) is 0 Å². The third kappa shape index (κ3) is 12.3. The lowest BCUT2D eigenvalue weighted by molar-refractivity contribution is 0.568. The molecular weight excluding hydrogens is 1240 g/mol. The second-order valence-corrected chi connectivity index (χ2v) is 31.3. The molecular formula is C94H82N8. The van der Waals surface area contributed by atoms with Crippen molar-refractivity contribution in [3.63, 3.8) is 0 Å². The first-order chi connectivity index (χ1) is 49.0. The molecule has 4 aliphatic rings. The highest BCUT2D eigenvalue weighted by Gasteiger charge is 2.27. The molecule has 8 nitrogen and oxygen atoms in total. The van der Waals surface area contributed by atoms with Crippen LogP contribution < -0.4 is 0 Å². The molecule has 0 spiro atoms. The maximum Gasteiger partial charge on any atom is 0.0815 e. The van der Waals surface area contributed by atoms with Crippen molar-refractivity contribution in [3.8, 4) is 78.6 Å². The van der Waals surface area contributed by atoms with Crippen LogP contribution in [0.4, 0.5) is 0 Å². The first kappa shape index (κ1) is 64.7. The Morgan fingerprint density at radius 1 is 0.216 bits per heavy atom. The van der Waals surface area contributed by atoms with Crippen molar-refractivity contribution >= 4 is 92.7 Å². The minimum atomic E-state index is -0.154. The summed E-state index contributed by atoms with van der Waals surface area (Å²) in [5.41, 5.74) is 31.5. The van der Waals surface area contributed by atoms with Crippen LogP contribution in [0.3, 0.4) is 0 Å². The van der Waals surface area contributed by atoms with Crippen molar-refractivity contribution in [1.29, 1.82) is 0 Å². The van der Waals surface area contributed by atoms with E-state index in [4.69, 9.17) is 19.9 Å². The lowest BCUT2D eigenvalue weighted by Gasteiger charge is -2.26. The molecule has 16 rings (SSSR count). The quantitative estimate of drug-likeness (QED) is 0.124. The van der Waals surface area contributed by atoms with E-state index in [1.54, 1.807) is 0 Å². The zero-order valence-corrected chi connectivity index (χ0v) is 60.0. The fourth-order valence-electron chi connectivity index (χ4n) is 14.3. The summed E-state index contributed by atoms with van der Waals surface area (Å²) in [6, 6.07) is 73.9. The van der Waals surface area contributed by atoms with Gasteiger partial charge in [0.15, 0.2) is 0 Å². The topological polar surface area (TPSA) is 115 Å². The molecule has 0 radical (unpaired) electrons. The van der Waals surface area contributed by atoms with Gasteiger partial charge in [0.05, 0.1) is 67.7 Å². The molecule has 6 aromatic carbocycles. The van der Waals surface area contributed by atoms with Gasteiger partial charge in [-0.3, -0.25) is 0 Å². The molecule has 12 aromatic rings. The smallest absolute Gasteiger partial charge is 0.0815 e. The molecule has 102 heavy (non-hydrogen) atoms. The standard InChI is InChI=1S/C94H82N8/c1-91(2,3)63-51-61(52-64(55-63)92(4,5)6)89-81-41-37-71(97-81)68(72-38-42-82(98-72)90(62-53-65(93(7,8)9)56-66(54-62)94(10,11)12)84-50-48-80(102-84)88(60-31-23-16-24-32-60)79-47-49-83(89)101-79)34-33-67-69-35-39-73(95-69)85(57-25-17-13-18-26-57)75-43-45-77(99-75)87(59-29-21-15-22-30-59)78-46-44-76(100-78)86(58-27-19-14-20-28-58)74-40-36-70(67)96-74/h13-32,35-56,95,97,100,102H,1-12H3. The molecule has 10 heterocycles. The van der Waals surface area contributed by atoms with E-state index in [2.05, 4.69) is 370 Å². The number of aromatic amines is 4. The van der Waals surface area contributed by atoms with Gasteiger partial charge in [0, 0.05) is 66.5 Å². The molecule has 4 N–H and O–H groups in total. The molecule has 4 aliphatic heterocycles. The van der Waals surface area contributed by atoms with Crippen molar-refractivity contribution in [1.82, 2.24) is 39.9 Å². The molecule has 0 saturated heterocycles. The van der Waals surface area contributed by atoms with Gasteiger partial charge in [-0.2, -0.15) is 0 Å². The Balaban J connectivity index is 1.04. The number of hydrogen-bond acceptors (Lipinski definition) is 4. The van der Waals surface area contributed by atoms with Crippen molar-refractivity contribution in [2.45, 2.75) is 105 Å². The monoisotopic (exact) mass is 1320 g/mol. The van der Waals surface area contributed by atoms with Crippen molar-refractivity contribution < 1.29 is 0 Å². The summed E-state index contributed by atoms with van der Waals surface area (Å²) >= 11 is 0. The Morgan fingerprint density at radius 3 is 0.647 bits per heavy atom. The number of benzene rings is 6. The molecule has 0 amide bonds. The summed E-state index contributed by atoms with van der Waals surface area (Å²) in [5, 5.41) is 0. The number of fused-ring (bicyclic) bond motifs is 16. The SMILES string of the molecule is CC(C)(C)c1cc(-c2c3nc(c(-c4ccccc4)c4ccc([nH]4)c(-c4cc(C(C)(C)C)cc(C(C)(C)C)c4)c4nc(c(C#Cc5c6nc(c(-c7ccccc7)c7ccc([nH]7)c(-c7ccccc7)c7nc(c(-c8ccccc8)c8ccc5[nH]8)C=C7)C=C6)c5ccc2[nH]5)C=C4)C=C3)cc(C(C)(C)C)c1. The van der Waals surface area contributed by atoms with Crippen LogP contribution in [0.1, 0.15) is 162 Å². The van der Waals surface area contributed by atoms with E-state index in [1.807, 2.05) is 0 Å². The number of rotatable bonds is 6. The van der Waals surface area contributed by atoms with Gasteiger partial charge < -0.3 is 19.9 Å². The van der Waals surface area contributed by atoms with Crippen LogP contribution >= 0.6 is 0 Å². The average Bonchev–Trinajstić information content (AvgIpc) is 1.55. The van der Waals surface area contributed by atoms with Crippen LogP contribution in [0.2, 0.25) is 0 Å². The van der Waals surface area contributed by atoms with Gasteiger partial charge in [-0.25, -0.2) is 19.9 Å². The summed E-state index contributed by atoms with van der Waals surface area (Å²) in [6.07, 6.45) is 17.2. The number of H-pyrrole nitrogens is 4. The van der Waals surface area contributed by atoms with Crippen LogP contribution in [0.5, 0.6) is 0 Å². The number of aromatic nitrogens is 8. The molecule has 498 valence electrons. The van der Waals surface area contributed by atoms with Gasteiger partial charge >= 0.3 is 0 Å². The Bertz CT molecular complexity index is 5770. The van der Waals surface area contributed by atoms with E-state index >= 15 is 0 Å². The molecule has 0 fully saturated rings. The van der Waals surface area contributed by atoms with Crippen molar-refractivity contribution in [2.75, 3.05) is 0 Å². The lowest BCUT2D eigenvalue weighted by atomic mass is 9.78.